The lowest BCUT2D eigenvalue weighted by molar-refractivity contribution is -0.938. The highest BCUT2D eigenvalue weighted by molar-refractivity contribution is 5.98. The monoisotopic (exact) mass is 1800 g/mol. The largest absolute Gasteiger partial charge is 0.504 e. The zero-order chi connectivity index (χ0) is 84.4. The highest BCUT2D eigenvalue weighted by atomic mass is 35.5. The molecular formula is C95H112Cl4N5O21+. The molecule has 7 aromatic carbocycles. The smallest absolute Gasteiger partial charge is 0.343 e. The highest BCUT2D eigenvalue weighted by Crippen LogP contribution is 2.65. The molecular weight excluding hydrogens is 1690 g/mol. The van der Waals surface area contributed by atoms with Crippen LogP contribution in [0, 0.1) is 11.8 Å². The van der Waals surface area contributed by atoms with E-state index in [2.05, 4.69) is 66.1 Å². The number of halogens is 4. The minimum atomic E-state index is -0.594. The number of likely N-dealkylation sites (N-methyl/N-ethyl adjacent to an activating group) is 4. The molecule has 11 heterocycles. The molecule has 4 aliphatic carbocycles. The molecule has 10 aliphatic heterocycles. The van der Waals surface area contributed by atoms with Crippen molar-refractivity contribution in [3.8, 4) is 74.7 Å². The van der Waals surface area contributed by atoms with E-state index in [1.807, 2.05) is 116 Å². The number of carbonyl (C=O) groups is 2. The van der Waals surface area contributed by atoms with Crippen molar-refractivity contribution in [2.75, 3.05) is 125 Å². The maximum Gasteiger partial charge on any atom is 0.343 e. The number of aromatic nitrogens is 1. The van der Waals surface area contributed by atoms with Crippen LogP contribution in [-0.4, -0.2) is 249 Å². The summed E-state index contributed by atoms with van der Waals surface area (Å²) >= 11 is 0. The lowest BCUT2D eigenvalue weighted by atomic mass is 9.53. The first-order chi connectivity index (χ1) is 58.6. The molecule has 1 aromatic heterocycles. The van der Waals surface area contributed by atoms with Gasteiger partial charge in [0, 0.05) is 94.4 Å². The van der Waals surface area contributed by atoms with Crippen molar-refractivity contribution < 1.29 is 106 Å². The summed E-state index contributed by atoms with van der Waals surface area (Å²) in [4.78, 5) is 37.0. The number of hydrogen-bond donors (Lipinski definition) is 4. The number of carbonyl (C=O) groups excluding carboxylic acids is 2. The second-order valence-electron chi connectivity index (χ2n) is 34.6. The van der Waals surface area contributed by atoms with E-state index in [9.17, 15) is 30.0 Å². The van der Waals surface area contributed by atoms with Crippen LogP contribution >= 0.6 is 49.6 Å². The third kappa shape index (κ3) is 15.2. The molecule has 18 atom stereocenters. The highest BCUT2D eigenvalue weighted by Gasteiger charge is 2.71. The van der Waals surface area contributed by atoms with E-state index >= 15 is 0 Å². The minimum Gasteiger partial charge on any atom is -0.504 e. The van der Waals surface area contributed by atoms with Gasteiger partial charge in [-0.1, -0.05) is 78.9 Å². The Morgan fingerprint density at radius 2 is 1.17 bits per heavy atom. The summed E-state index contributed by atoms with van der Waals surface area (Å²) < 4.78 is 85.7. The number of benzene rings is 7. The van der Waals surface area contributed by atoms with Gasteiger partial charge in [0.25, 0.3) is 0 Å². The Hall–Kier alpha value is -9.39. The number of cyclic esters (lactones) is 1. The number of methoxy groups -OCH3 is 8. The Labute approximate surface area is 753 Å². The third-order valence-corrected chi connectivity index (χ3v) is 28.7. The molecule has 2 spiro atoms. The van der Waals surface area contributed by atoms with Crippen molar-refractivity contribution >= 4 is 72.3 Å². The number of hydrogen-bond acceptors (Lipinski definition) is 25. The van der Waals surface area contributed by atoms with Gasteiger partial charge < -0.3 is 106 Å². The molecule has 0 radical (unpaired) electrons. The van der Waals surface area contributed by atoms with Gasteiger partial charge in [-0.25, -0.2) is 4.79 Å². The minimum absolute atomic E-state index is 0. The van der Waals surface area contributed by atoms with Crippen molar-refractivity contribution in [3.63, 3.8) is 0 Å². The fraction of sp³-hybridized carbons (Fsp3) is 0.463. The molecule has 14 aliphatic rings. The number of ether oxygens (including phenoxy) is 15. The topological polar surface area (TPSA) is 279 Å². The number of likely N-dealkylation sites (tertiary alicyclic amines) is 2. The number of esters is 2. The summed E-state index contributed by atoms with van der Waals surface area (Å²) in [5, 5.41) is 42.9. The van der Waals surface area contributed by atoms with Gasteiger partial charge in [-0.15, -0.1) is 49.6 Å². The Kier molecular flexibility index (Phi) is 26.7. The number of quaternary nitrogens is 1. The molecule has 8 aromatic rings. The molecule has 4 N–H and O–H groups in total. The Morgan fingerprint density at radius 3 is 1.78 bits per heavy atom. The summed E-state index contributed by atoms with van der Waals surface area (Å²) in [6.45, 7) is 2.80. The van der Waals surface area contributed by atoms with E-state index in [1.54, 1.807) is 61.9 Å². The number of aromatic hydroxyl groups is 1. The van der Waals surface area contributed by atoms with Crippen LogP contribution < -0.4 is 56.8 Å². The Bertz CT molecular complexity index is 5400. The molecule has 1 unspecified atom stereocenters. The number of phenolic OH excluding ortho intramolecular Hbond substituents is 1. The van der Waals surface area contributed by atoms with Crippen molar-refractivity contribution in [2.45, 2.75) is 147 Å². The van der Waals surface area contributed by atoms with Crippen LogP contribution in [0.2, 0.25) is 0 Å². The zero-order valence-electron chi connectivity index (χ0n) is 72.3. The first-order valence-electron chi connectivity index (χ1n) is 41.8. The lowest BCUT2D eigenvalue weighted by Gasteiger charge is -2.56. The summed E-state index contributed by atoms with van der Waals surface area (Å²) in [5.74, 6) is 7.55. The van der Waals surface area contributed by atoms with Gasteiger partial charge in [-0.3, -0.25) is 14.7 Å². The molecule has 30 heteroatoms. The number of piperidine rings is 3. The Balaban J connectivity index is 0.000000127. The maximum absolute atomic E-state index is 12.9. The number of aliphatic hydroxyl groups is 3. The van der Waals surface area contributed by atoms with Crippen molar-refractivity contribution in [2.24, 2.45) is 11.8 Å². The first-order valence-corrected chi connectivity index (χ1v) is 41.8. The van der Waals surface area contributed by atoms with E-state index in [0.29, 0.717) is 118 Å². The van der Waals surface area contributed by atoms with Gasteiger partial charge in [0.1, 0.15) is 72.4 Å². The van der Waals surface area contributed by atoms with E-state index < -0.39 is 30.2 Å². The number of aliphatic hydroxyl groups excluding tert-OH is 3. The average Bonchev–Trinajstić information content (AvgIpc) is 1.55. The summed E-state index contributed by atoms with van der Waals surface area (Å²) in [6, 6.07) is 36.3. The van der Waals surface area contributed by atoms with Crippen LogP contribution in [0.4, 0.5) is 0 Å². The number of pyridine rings is 1. The molecule has 0 saturated carbocycles. The van der Waals surface area contributed by atoms with Gasteiger partial charge in [-0.05, 0) is 154 Å². The van der Waals surface area contributed by atoms with Crippen LogP contribution in [0.1, 0.15) is 110 Å². The standard InChI is InChI=1S/C22H23NO7.C20H21NO4.C18H24NO4.C18H21NO3.C17H19NO3.4ClH/c1-23-8-7-11-9-14-20(29-10-28-14)21(27-4)15(11)17(23)18-12-5-6-13(25-2)19(26-3)16(12)22(24)30-18;1-22-17-6-5-13(10-18(17)23-2)9-16-15-12-20(25-4)19(24-3)11-14(15)7-8-21-16;1-19(2)14-8-12(9-15(19)17-16(14)23-17)22-18(21)13(10-20)11-6-4-3-5-7-11;1-19-8-7-18-11-4-5-13(20)17(18)22-16-14(21-2)6-3-10(15(16)18)9-12(11)19;1-18-7-6-17-10-3-5-13(20)16(17)21-15-12(19)4-2-9(14(15)17)8-11(10)18;;;;/h5-6,9,17-18H,7-8,10H2,1-4H3;5-8,10-12H,9H2,1-4H3;3-7,12-17,20H,8-10H2,1-2H3;3-6,11-13,17,20H,7-9H2,1-2H3;2-5,10-11,13,16,19-20H,6-8H2,1H3;4*1H/q;;+1;;;;;;/t17-,18+;;12?,13-,14-,15+,16-,17+;11-,12+,13-,17-,18-;10-,11+,13-,16-,17-;;;;/m1.100..../s1. The zero-order valence-corrected chi connectivity index (χ0v) is 75.6. The van der Waals surface area contributed by atoms with Crippen molar-refractivity contribution in [3.05, 3.63) is 201 Å². The van der Waals surface area contributed by atoms with Crippen LogP contribution in [-0.2, 0) is 55.5 Å². The van der Waals surface area contributed by atoms with Gasteiger partial charge in [0.15, 0.2) is 69.0 Å². The van der Waals surface area contributed by atoms with Crippen LogP contribution in [0.25, 0.3) is 10.8 Å². The first kappa shape index (κ1) is 91.8. The number of epoxide rings is 1. The molecule has 670 valence electrons. The molecule has 6 bridgehead atoms. The quantitative estimate of drug-likeness (QED) is 0.0321. The molecule has 5 saturated heterocycles. The second kappa shape index (κ2) is 36.4. The molecule has 5 fully saturated rings. The van der Waals surface area contributed by atoms with Gasteiger partial charge in [0.2, 0.25) is 12.5 Å². The number of phenols is 1. The van der Waals surface area contributed by atoms with Gasteiger partial charge >= 0.3 is 11.9 Å². The van der Waals surface area contributed by atoms with Crippen molar-refractivity contribution in [1.29, 1.82) is 0 Å². The lowest BCUT2D eigenvalue weighted by Crippen LogP contribution is -2.64. The predicted molar refractivity (Wildman–Crippen MR) is 476 cm³/mol. The number of rotatable bonds is 15. The van der Waals surface area contributed by atoms with E-state index in [-0.39, 0.29) is 110 Å². The fourth-order valence-electron chi connectivity index (χ4n) is 22.8. The van der Waals surface area contributed by atoms with E-state index in [1.165, 1.54) is 29.4 Å². The molecule has 0 amide bonds. The summed E-state index contributed by atoms with van der Waals surface area (Å²) in [6.07, 6.45) is 15.8. The second-order valence-corrected chi connectivity index (χ2v) is 34.6. The maximum atomic E-state index is 12.9. The number of nitrogens with zero attached hydrogens (tertiary/aromatic N) is 5. The van der Waals surface area contributed by atoms with E-state index in [4.69, 9.17) is 71.1 Å². The molecule has 125 heavy (non-hydrogen) atoms. The molecule has 26 nitrogen and oxygen atoms in total. The van der Waals surface area contributed by atoms with Crippen LogP contribution in [0.5, 0.6) is 74.7 Å². The third-order valence-electron chi connectivity index (χ3n) is 28.7. The predicted octanol–water partition coefficient (Wildman–Crippen LogP) is 12.2. The average molecular weight is 1800 g/mol. The number of fused-ring (bicyclic) bond motifs is 9. The summed E-state index contributed by atoms with van der Waals surface area (Å²) in [5.41, 5.74) is 11.0. The van der Waals surface area contributed by atoms with Crippen LogP contribution in [0.15, 0.2) is 140 Å². The SMILES string of the molecule is CN1CC[C@]23c4c5ccc(O)c4O[C@H]2[C@@H](O)C=C[C@H]3[C@H]1C5.COc1ccc(Cc2nccc3cc(OC)c(OC)cc23)cc1OC.COc1ccc2c(c1OC)C(=O)O[C@@H]2[C@H]1c2c(cc3c(c2OC)OCO3)CCN1C.COc1ccc2c3c1O[C@H]1[C@@H](O)C=C[C@H]4[C@@H](C2)N(C)CC[C@@]341.C[N+]1(C)[C@@H]2CC(OC(=O)[C@H](CO)c3ccccc3)C[C@H]1[C@@H]1O[C@@H]12.Cl.Cl.Cl.Cl. The number of morpholine rings is 1. The Morgan fingerprint density at radius 1 is 0.592 bits per heavy atom. The van der Waals surface area contributed by atoms with Gasteiger partial charge in [0.05, 0.1) is 89.3 Å². The fourth-order valence-corrected chi connectivity index (χ4v) is 22.8. The normalized spacial score (nSPS) is 28.6. The van der Waals surface area contributed by atoms with Crippen LogP contribution in [0.3, 0.4) is 0 Å². The van der Waals surface area contributed by atoms with Gasteiger partial charge in [-0.2, -0.15) is 0 Å². The molecule has 22 rings (SSSR count). The van der Waals surface area contributed by atoms with Crippen molar-refractivity contribution in [1.82, 2.24) is 19.7 Å². The van der Waals surface area contributed by atoms with E-state index in [0.717, 1.165) is 125 Å². The summed E-state index contributed by atoms with van der Waals surface area (Å²) in [7, 11) is 23.8.